The average Bonchev–Trinajstić information content (AvgIpc) is 3.05. The second-order valence-electron chi connectivity index (χ2n) is 15.4. The standard InChI is InChI=1S/C30H46O5/c1-25(2)12-17-16-8-9-19-27(5)11-10-20(32)26(3,4)23(27)18(31)13-29(19,7)28(16,6)14-21(33)30(17)15-22(25)35-24(30)34/h8,17-23,31-33H,9-15H2,1-7H3/t17?,18-,19?,20+,21-,22+,23?,27-,28-,29-,30-/m1/s1. The first-order valence-corrected chi connectivity index (χ1v) is 14.0. The van der Waals surface area contributed by atoms with E-state index >= 15 is 0 Å². The SMILES string of the molecule is CC1(C)CC2C3=CCC4[C@@]5(C)CC[C@H](O)C(C)(C)C5[C@H](O)C[C@@]4(C)[C@]3(C)C[C@@H](O)[C@@]23C[C@@H]1OC3=O. The van der Waals surface area contributed by atoms with E-state index in [4.69, 9.17) is 4.74 Å². The van der Waals surface area contributed by atoms with E-state index in [-0.39, 0.29) is 51.0 Å². The summed E-state index contributed by atoms with van der Waals surface area (Å²) in [5.41, 5.74) is -0.530. The van der Waals surface area contributed by atoms with E-state index in [2.05, 4.69) is 54.5 Å². The van der Waals surface area contributed by atoms with Gasteiger partial charge < -0.3 is 20.1 Å². The summed E-state index contributed by atoms with van der Waals surface area (Å²) in [6.45, 7) is 15.7. The maximum Gasteiger partial charge on any atom is 0.315 e. The zero-order valence-electron chi connectivity index (χ0n) is 22.7. The van der Waals surface area contributed by atoms with Crippen LogP contribution in [-0.4, -0.2) is 45.7 Å². The van der Waals surface area contributed by atoms with Crippen molar-refractivity contribution >= 4 is 5.97 Å². The third-order valence-corrected chi connectivity index (χ3v) is 13.3. The summed E-state index contributed by atoms with van der Waals surface area (Å²) in [5.74, 6) is 0.182. The molecule has 3 unspecified atom stereocenters. The molecule has 5 aliphatic carbocycles. The van der Waals surface area contributed by atoms with E-state index in [1.165, 1.54) is 5.57 Å². The van der Waals surface area contributed by atoms with Gasteiger partial charge in [-0.2, -0.15) is 0 Å². The molecule has 11 atom stereocenters. The van der Waals surface area contributed by atoms with Crippen molar-refractivity contribution in [2.24, 2.45) is 50.2 Å². The monoisotopic (exact) mass is 486 g/mol. The molecule has 5 heteroatoms. The zero-order valence-corrected chi connectivity index (χ0v) is 22.7. The van der Waals surface area contributed by atoms with E-state index in [0.29, 0.717) is 25.2 Å². The van der Waals surface area contributed by atoms with Gasteiger partial charge in [0.25, 0.3) is 0 Å². The Bertz CT molecular complexity index is 999. The Kier molecular flexibility index (Phi) is 4.71. The first kappa shape index (κ1) is 24.4. The second-order valence-corrected chi connectivity index (χ2v) is 15.4. The molecule has 4 saturated carbocycles. The highest BCUT2D eigenvalue weighted by molar-refractivity contribution is 5.82. The van der Waals surface area contributed by atoms with Crippen molar-refractivity contribution in [3.8, 4) is 0 Å². The number of rotatable bonds is 0. The molecule has 6 aliphatic rings. The van der Waals surface area contributed by atoms with Crippen LogP contribution in [0.25, 0.3) is 0 Å². The lowest BCUT2D eigenvalue weighted by Crippen LogP contribution is -2.69. The summed E-state index contributed by atoms with van der Waals surface area (Å²) < 4.78 is 5.92. The van der Waals surface area contributed by atoms with Crippen LogP contribution in [0, 0.1) is 50.2 Å². The van der Waals surface area contributed by atoms with Crippen molar-refractivity contribution in [2.75, 3.05) is 0 Å². The van der Waals surface area contributed by atoms with Gasteiger partial charge in [-0.05, 0) is 77.9 Å². The molecule has 0 aromatic heterocycles. The summed E-state index contributed by atoms with van der Waals surface area (Å²) in [6, 6.07) is 0. The van der Waals surface area contributed by atoms with Crippen molar-refractivity contribution < 1.29 is 24.9 Å². The molecular weight excluding hydrogens is 440 g/mol. The first-order valence-electron chi connectivity index (χ1n) is 14.0. The number of ether oxygens (including phenoxy) is 1. The van der Waals surface area contributed by atoms with Gasteiger partial charge in [-0.3, -0.25) is 4.79 Å². The summed E-state index contributed by atoms with van der Waals surface area (Å²) in [6.07, 6.45) is 6.01. The van der Waals surface area contributed by atoms with Crippen LogP contribution < -0.4 is 0 Å². The zero-order chi connectivity index (χ0) is 25.6. The molecule has 1 spiro atoms. The minimum atomic E-state index is -0.814. The molecule has 3 N–H and O–H groups in total. The molecule has 5 nitrogen and oxygen atoms in total. The highest BCUT2D eigenvalue weighted by Gasteiger charge is 2.75. The van der Waals surface area contributed by atoms with Gasteiger partial charge in [-0.1, -0.05) is 60.1 Å². The number of carbonyl (C=O) groups excluding carboxylic acids is 1. The third kappa shape index (κ3) is 2.59. The van der Waals surface area contributed by atoms with Crippen molar-refractivity contribution in [1.29, 1.82) is 0 Å². The molecule has 1 aliphatic heterocycles. The number of aliphatic hydroxyl groups is 3. The minimum absolute atomic E-state index is 0.0115. The van der Waals surface area contributed by atoms with Crippen molar-refractivity contribution in [1.82, 2.24) is 0 Å². The van der Waals surface area contributed by atoms with Crippen molar-refractivity contribution in [2.45, 2.75) is 118 Å². The Hall–Kier alpha value is -0.910. The lowest BCUT2D eigenvalue weighted by atomic mass is 9.33. The molecule has 0 aromatic rings. The average molecular weight is 487 g/mol. The molecule has 6 rings (SSSR count). The maximum absolute atomic E-state index is 13.4. The van der Waals surface area contributed by atoms with Gasteiger partial charge in [0.05, 0.1) is 18.3 Å². The molecule has 0 amide bonds. The molecule has 35 heavy (non-hydrogen) atoms. The summed E-state index contributed by atoms with van der Waals surface area (Å²) in [4.78, 5) is 13.4. The number of aliphatic hydroxyl groups excluding tert-OH is 3. The first-order chi connectivity index (χ1) is 16.1. The highest BCUT2D eigenvalue weighted by atomic mass is 16.6. The Balaban J connectivity index is 1.49. The Morgan fingerprint density at radius 3 is 2.29 bits per heavy atom. The molecule has 5 fully saturated rings. The van der Waals surface area contributed by atoms with Crippen molar-refractivity contribution in [3.05, 3.63) is 11.6 Å². The predicted molar refractivity (Wildman–Crippen MR) is 133 cm³/mol. The normalized spacial score (nSPS) is 57.7. The van der Waals surface area contributed by atoms with Gasteiger partial charge >= 0.3 is 5.97 Å². The number of fused-ring (bicyclic) bond motifs is 7. The Morgan fingerprint density at radius 1 is 0.914 bits per heavy atom. The van der Waals surface area contributed by atoms with Crippen LogP contribution in [0.1, 0.15) is 93.4 Å². The Labute approximate surface area is 210 Å². The largest absolute Gasteiger partial charge is 0.461 e. The minimum Gasteiger partial charge on any atom is -0.461 e. The molecule has 1 heterocycles. The Morgan fingerprint density at radius 2 is 1.60 bits per heavy atom. The van der Waals surface area contributed by atoms with E-state index in [0.717, 1.165) is 25.7 Å². The molecule has 0 radical (unpaired) electrons. The van der Waals surface area contributed by atoms with Gasteiger partial charge in [0.15, 0.2) is 0 Å². The molecule has 0 aromatic carbocycles. The van der Waals surface area contributed by atoms with Crippen LogP contribution in [0.4, 0.5) is 0 Å². The lowest BCUT2D eigenvalue weighted by molar-refractivity contribution is -0.246. The van der Waals surface area contributed by atoms with Crippen LogP contribution in [0.15, 0.2) is 11.6 Å². The number of allylic oxidation sites excluding steroid dienone is 2. The fourth-order valence-corrected chi connectivity index (χ4v) is 11.3. The second kappa shape index (κ2) is 6.74. The van der Waals surface area contributed by atoms with Crippen LogP contribution in [-0.2, 0) is 9.53 Å². The summed E-state index contributed by atoms with van der Waals surface area (Å²) in [5, 5.41) is 34.5. The van der Waals surface area contributed by atoms with Crippen LogP contribution in [0.5, 0.6) is 0 Å². The number of esters is 1. The number of hydrogen-bond acceptors (Lipinski definition) is 5. The van der Waals surface area contributed by atoms with E-state index in [1.807, 2.05) is 0 Å². The molecule has 1 saturated heterocycles. The van der Waals surface area contributed by atoms with E-state index < -0.39 is 23.7 Å². The molecular formula is C30H46O5. The number of hydrogen-bond donors (Lipinski definition) is 3. The van der Waals surface area contributed by atoms with E-state index in [1.54, 1.807) is 0 Å². The summed E-state index contributed by atoms with van der Waals surface area (Å²) >= 11 is 0. The smallest absolute Gasteiger partial charge is 0.315 e. The predicted octanol–water partition coefficient (Wildman–Crippen LogP) is 4.63. The lowest BCUT2D eigenvalue weighted by Gasteiger charge is -2.72. The van der Waals surface area contributed by atoms with Gasteiger partial charge in [-0.15, -0.1) is 0 Å². The topological polar surface area (TPSA) is 87.0 Å². The van der Waals surface area contributed by atoms with Crippen LogP contribution in [0.2, 0.25) is 0 Å². The fraction of sp³-hybridized carbons (Fsp3) is 0.900. The third-order valence-electron chi connectivity index (χ3n) is 13.3. The summed E-state index contributed by atoms with van der Waals surface area (Å²) in [7, 11) is 0. The van der Waals surface area contributed by atoms with Crippen LogP contribution >= 0.6 is 0 Å². The van der Waals surface area contributed by atoms with Gasteiger partial charge in [0.2, 0.25) is 0 Å². The van der Waals surface area contributed by atoms with Crippen LogP contribution in [0.3, 0.4) is 0 Å². The molecule has 196 valence electrons. The van der Waals surface area contributed by atoms with Gasteiger partial charge in [0.1, 0.15) is 11.5 Å². The highest BCUT2D eigenvalue weighted by Crippen LogP contribution is 2.76. The quantitative estimate of drug-likeness (QED) is 0.343. The van der Waals surface area contributed by atoms with Gasteiger partial charge in [-0.25, -0.2) is 0 Å². The number of carbonyl (C=O) groups is 1. The van der Waals surface area contributed by atoms with Gasteiger partial charge in [0, 0.05) is 11.8 Å². The van der Waals surface area contributed by atoms with Crippen molar-refractivity contribution in [3.63, 3.8) is 0 Å². The maximum atomic E-state index is 13.4. The van der Waals surface area contributed by atoms with E-state index in [9.17, 15) is 20.1 Å². The fourth-order valence-electron chi connectivity index (χ4n) is 11.3. The molecule has 2 bridgehead atoms.